The zero-order valence-electron chi connectivity index (χ0n) is 20.7. The number of methoxy groups -OCH3 is 1. The highest BCUT2D eigenvalue weighted by Crippen LogP contribution is 2.23. The van der Waals surface area contributed by atoms with E-state index in [2.05, 4.69) is 20.0 Å². The number of carbonyl (C=O) groups is 1. The van der Waals surface area contributed by atoms with Gasteiger partial charge in [0.1, 0.15) is 0 Å². The largest absolute Gasteiger partial charge is 0.478 e. The maximum Gasteiger partial charge on any atom is 0.263 e. The Morgan fingerprint density at radius 3 is 2.00 bits per heavy atom. The van der Waals surface area contributed by atoms with E-state index < -0.39 is 26.0 Å². The number of hydrogen-bond acceptors (Lipinski definition) is 8. The lowest BCUT2D eigenvalue weighted by molar-refractivity contribution is 0.102. The van der Waals surface area contributed by atoms with Crippen LogP contribution in [0.3, 0.4) is 0 Å². The quantitative estimate of drug-likeness (QED) is 0.351. The van der Waals surface area contributed by atoms with E-state index in [-0.39, 0.29) is 27.1 Å². The van der Waals surface area contributed by atoms with E-state index >= 15 is 0 Å². The third kappa shape index (κ3) is 6.81. The molecule has 1 amide bonds. The molecule has 0 saturated heterocycles. The van der Waals surface area contributed by atoms with Gasteiger partial charge in [0.25, 0.3) is 21.8 Å². The number of ether oxygens (including phenoxy) is 1. The summed E-state index contributed by atoms with van der Waals surface area (Å²) < 4.78 is 60.0. The molecule has 2 aromatic carbocycles. The summed E-state index contributed by atoms with van der Waals surface area (Å²) in [7, 11) is -6.29. The van der Waals surface area contributed by atoms with E-state index in [1.54, 1.807) is 0 Å². The Balaban J connectivity index is 1.70. The molecule has 0 aliphatic rings. The topological polar surface area (TPSA) is 148 Å². The van der Waals surface area contributed by atoms with Crippen molar-refractivity contribution in [2.24, 2.45) is 0 Å². The molecular weight excluding hydrogens is 518 g/mol. The lowest BCUT2D eigenvalue weighted by atomic mass is 10.2. The highest BCUT2D eigenvalue weighted by atomic mass is 32.2. The summed E-state index contributed by atoms with van der Waals surface area (Å²) in [6.07, 6.45) is 4.09. The predicted molar refractivity (Wildman–Crippen MR) is 140 cm³/mol. The monoisotopic (exact) mass is 547 g/mol. The SMILES string of the molecule is CCCN(CCC)S(=O)(=O)c1ccc(C(=O)Nc2ccc(S(=O)(=O)Nc3nccnc3OC)cc2)cc1. The van der Waals surface area contributed by atoms with Crippen molar-refractivity contribution >= 4 is 37.5 Å². The Hall–Kier alpha value is -3.55. The van der Waals surface area contributed by atoms with Crippen molar-refractivity contribution in [2.45, 2.75) is 36.5 Å². The Labute approximate surface area is 217 Å². The second-order valence-electron chi connectivity index (χ2n) is 7.93. The van der Waals surface area contributed by atoms with Gasteiger partial charge in [-0.15, -0.1) is 0 Å². The molecule has 0 unspecified atom stereocenters. The van der Waals surface area contributed by atoms with Crippen molar-refractivity contribution in [1.29, 1.82) is 0 Å². The van der Waals surface area contributed by atoms with E-state index in [1.165, 1.54) is 72.3 Å². The lowest BCUT2D eigenvalue weighted by Crippen LogP contribution is -2.32. The van der Waals surface area contributed by atoms with Crippen LogP contribution in [0.5, 0.6) is 5.88 Å². The fourth-order valence-corrected chi connectivity index (χ4v) is 6.06. The molecule has 0 radical (unpaired) electrons. The van der Waals surface area contributed by atoms with Gasteiger partial charge in [-0.25, -0.2) is 26.8 Å². The number of anilines is 2. The van der Waals surface area contributed by atoms with E-state index in [4.69, 9.17) is 4.74 Å². The minimum Gasteiger partial charge on any atom is -0.478 e. The molecule has 2 N–H and O–H groups in total. The fourth-order valence-electron chi connectivity index (χ4n) is 3.43. The maximum absolute atomic E-state index is 12.9. The van der Waals surface area contributed by atoms with Crippen LogP contribution in [-0.4, -0.2) is 57.2 Å². The first-order valence-electron chi connectivity index (χ1n) is 11.5. The van der Waals surface area contributed by atoms with Crippen LogP contribution in [0.25, 0.3) is 0 Å². The number of benzene rings is 2. The van der Waals surface area contributed by atoms with Gasteiger partial charge in [-0.05, 0) is 61.4 Å². The molecular formula is C24H29N5O6S2. The molecule has 37 heavy (non-hydrogen) atoms. The summed E-state index contributed by atoms with van der Waals surface area (Å²) in [5.41, 5.74) is 0.611. The predicted octanol–water partition coefficient (Wildman–Crippen LogP) is 3.35. The summed E-state index contributed by atoms with van der Waals surface area (Å²) in [6.45, 7) is 4.68. The van der Waals surface area contributed by atoms with Crippen molar-refractivity contribution in [3.63, 3.8) is 0 Å². The molecule has 0 bridgehead atoms. The number of carbonyl (C=O) groups excluding carboxylic acids is 1. The Morgan fingerprint density at radius 2 is 1.43 bits per heavy atom. The van der Waals surface area contributed by atoms with Crippen molar-refractivity contribution in [2.75, 3.05) is 30.2 Å². The maximum atomic E-state index is 12.9. The number of amides is 1. The van der Waals surface area contributed by atoms with Crippen LogP contribution in [0.4, 0.5) is 11.5 Å². The number of sulfonamides is 2. The Kier molecular flexibility index (Phi) is 9.18. The van der Waals surface area contributed by atoms with E-state index in [0.717, 1.165) is 0 Å². The minimum absolute atomic E-state index is 0.0252. The zero-order chi connectivity index (χ0) is 27.1. The molecule has 0 aliphatic carbocycles. The number of rotatable bonds is 12. The fraction of sp³-hybridized carbons (Fsp3) is 0.292. The second-order valence-corrected chi connectivity index (χ2v) is 11.5. The first kappa shape index (κ1) is 28.0. The second kappa shape index (κ2) is 12.1. The van der Waals surface area contributed by atoms with Crippen molar-refractivity contribution in [3.8, 4) is 5.88 Å². The zero-order valence-corrected chi connectivity index (χ0v) is 22.3. The van der Waals surface area contributed by atoms with Gasteiger partial charge in [0.2, 0.25) is 15.8 Å². The first-order valence-corrected chi connectivity index (χ1v) is 14.4. The van der Waals surface area contributed by atoms with E-state index in [9.17, 15) is 21.6 Å². The van der Waals surface area contributed by atoms with Crippen LogP contribution in [0.2, 0.25) is 0 Å². The van der Waals surface area contributed by atoms with E-state index in [0.29, 0.717) is 31.6 Å². The smallest absolute Gasteiger partial charge is 0.263 e. The molecule has 13 heteroatoms. The lowest BCUT2D eigenvalue weighted by Gasteiger charge is -2.21. The van der Waals surface area contributed by atoms with Gasteiger partial charge in [-0.1, -0.05) is 13.8 Å². The minimum atomic E-state index is -3.98. The van der Waals surface area contributed by atoms with E-state index in [1.807, 2.05) is 13.8 Å². The van der Waals surface area contributed by atoms with Gasteiger partial charge in [-0.3, -0.25) is 9.52 Å². The molecule has 1 heterocycles. The normalized spacial score (nSPS) is 11.8. The van der Waals surface area contributed by atoms with Crippen LogP contribution in [0.15, 0.2) is 70.7 Å². The summed E-state index contributed by atoms with van der Waals surface area (Å²) >= 11 is 0. The summed E-state index contributed by atoms with van der Waals surface area (Å²) in [4.78, 5) is 20.6. The van der Waals surface area contributed by atoms with Crippen LogP contribution in [0.1, 0.15) is 37.0 Å². The van der Waals surface area contributed by atoms with Gasteiger partial charge in [0.15, 0.2) is 0 Å². The first-order chi connectivity index (χ1) is 17.6. The van der Waals surface area contributed by atoms with Crippen molar-refractivity contribution in [3.05, 3.63) is 66.5 Å². The van der Waals surface area contributed by atoms with Crippen LogP contribution in [-0.2, 0) is 20.0 Å². The molecule has 3 aromatic rings. The molecule has 198 valence electrons. The molecule has 3 rings (SSSR count). The van der Waals surface area contributed by atoms with Gasteiger partial charge < -0.3 is 10.1 Å². The van der Waals surface area contributed by atoms with Gasteiger partial charge in [0.05, 0.1) is 16.9 Å². The molecule has 0 atom stereocenters. The number of hydrogen-bond donors (Lipinski definition) is 2. The summed E-state index contributed by atoms with van der Waals surface area (Å²) in [5, 5.41) is 2.67. The molecule has 1 aromatic heterocycles. The Bertz CT molecular complexity index is 1420. The number of nitrogens with zero attached hydrogens (tertiary/aromatic N) is 3. The van der Waals surface area contributed by atoms with Gasteiger partial charge >= 0.3 is 0 Å². The van der Waals surface area contributed by atoms with Crippen LogP contribution in [0, 0.1) is 0 Å². The highest BCUT2D eigenvalue weighted by molar-refractivity contribution is 7.92. The van der Waals surface area contributed by atoms with Crippen molar-refractivity contribution < 1.29 is 26.4 Å². The van der Waals surface area contributed by atoms with Crippen LogP contribution < -0.4 is 14.8 Å². The van der Waals surface area contributed by atoms with Crippen LogP contribution >= 0.6 is 0 Å². The Morgan fingerprint density at radius 1 is 0.865 bits per heavy atom. The standard InChI is InChI=1S/C24H29N5O6S2/c1-4-16-29(17-5-2)37(33,34)21-10-6-18(7-11-21)23(30)27-19-8-12-20(13-9-19)36(31,32)28-22-24(35-3)26-15-14-25-22/h6-15H,4-5,16-17H2,1-3H3,(H,25,28)(H,27,30). The summed E-state index contributed by atoms with van der Waals surface area (Å²) in [5.74, 6) is -0.501. The average molecular weight is 548 g/mol. The molecule has 11 nitrogen and oxygen atoms in total. The van der Waals surface area contributed by atoms with Crippen molar-refractivity contribution in [1.82, 2.24) is 14.3 Å². The molecule has 0 fully saturated rings. The molecule has 0 aliphatic heterocycles. The highest BCUT2D eigenvalue weighted by Gasteiger charge is 2.23. The third-order valence-electron chi connectivity index (χ3n) is 5.21. The third-order valence-corrected chi connectivity index (χ3v) is 8.48. The number of nitrogens with one attached hydrogen (secondary N) is 2. The molecule has 0 saturated carbocycles. The summed E-state index contributed by atoms with van der Waals surface area (Å²) in [6, 6.07) is 11.2. The average Bonchev–Trinajstić information content (AvgIpc) is 2.89. The number of aromatic nitrogens is 2. The van der Waals surface area contributed by atoms with Gasteiger partial charge in [0, 0.05) is 36.7 Å². The van der Waals surface area contributed by atoms with Gasteiger partial charge in [-0.2, -0.15) is 4.31 Å². The molecule has 0 spiro atoms.